The van der Waals surface area contributed by atoms with Crippen LogP contribution < -0.4 is 4.74 Å². The molecule has 2 atom stereocenters. The first kappa shape index (κ1) is 27.6. The zero-order valence-corrected chi connectivity index (χ0v) is 20.3. The van der Waals surface area contributed by atoms with Crippen molar-refractivity contribution in [3.05, 3.63) is 47.9 Å². The Hall–Kier alpha value is -2.44. The van der Waals surface area contributed by atoms with Crippen LogP contribution in [-0.4, -0.2) is 38.7 Å². The van der Waals surface area contributed by atoms with E-state index in [2.05, 4.69) is 28.8 Å². The van der Waals surface area contributed by atoms with Gasteiger partial charge in [-0.2, -0.15) is 0 Å². The topological polar surface area (TPSA) is 70.8 Å². The van der Waals surface area contributed by atoms with Gasteiger partial charge in [0.05, 0.1) is 19.8 Å². The number of hydrogen-bond donors (Lipinski definition) is 0. The molecule has 0 spiro atoms. The highest BCUT2D eigenvalue weighted by Gasteiger charge is 2.22. The predicted octanol–water partition coefficient (Wildman–Crippen LogP) is 6.17. The van der Waals surface area contributed by atoms with Gasteiger partial charge in [0.1, 0.15) is 24.0 Å². The highest BCUT2D eigenvalue weighted by atomic mass is 16.5. The van der Waals surface area contributed by atoms with E-state index < -0.39 is 0 Å². The summed E-state index contributed by atoms with van der Waals surface area (Å²) in [7, 11) is 3.34. The number of aromatic nitrogens is 1. The third-order valence-electron chi connectivity index (χ3n) is 5.39. The van der Waals surface area contributed by atoms with Gasteiger partial charge in [-0.15, -0.1) is 0 Å². The Bertz CT molecular complexity index is 784. The second kappa shape index (κ2) is 16.2. The van der Waals surface area contributed by atoms with Crippen molar-refractivity contribution in [3.8, 4) is 17.2 Å². The lowest BCUT2D eigenvalue weighted by molar-refractivity contribution is -0.0980. The summed E-state index contributed by atoms with van der Waals surface area (Å²) in [6, 6.07) is 7.77. The zero-order chi connectivity index (χ0) is 23.8. The van der Waals surface area contributed by atoms with Crippen LogP contribution >= 0.6 is 0 Å². The van der Waals surface area contributed by atoms with Crippen LogP contribution in [0.15, 0.2) is 40.8 Å². The van der Waals surface area contributed by atoms with E-state index in [1.54, 1.807) is 14.2 Å². The van der Waals surface area contributed by atoms with Gasteiger partial charge in [-0.25, -0.2) is 4.98 Å². The summed E-state index contributed by atoms with van der Waals surface area (Å²) >= 11 is 0. The highest BCUT2D eigenvalue weighted by molar-refractivity contribution is 5.56. The molecule has 1 saturated carbocycles. The summed E-state index contributed by atoms with van der Waals surface area (Å²) in [5.74, 6) is 2.99. The molecule has 3 rings (SSSR count). The maximum absolute atomic E-state index is 8.00. The van der Waals surface area contributed by atoms with Crippen LogP contribution in [-0.2, 0) is 20.9 Å². The van der Waals surface area contributed by atoms with Crippen LogP contribution in [0, 0.1) is 12.8 Å². The molecule has 1 aromatic carbocycles. The molecule has 178 valence electrons. The standard InChI is InChI=1S/C22H29NO3.C3H8O.CH2O/c1-4-5-8-17-9-6-12-20(13-17)25-15-21-16(2)26-22(23-21)18-10-7-11-19(14-18)24-3;1-3-4-2;1-2/h4-5,7,10-11,14,17,20H,6,8-9,12-13,15H2,1-3H3;3H2,1-2H3;1H2/b5-4+;;. The molecule has 1 aromatic heterocycles. The molecule has 32 heavy (non-hydrogen) atoms. The average Bonchev–Trinajstić information content (AvgIpc) is 3.23. The van der Waals surface area contributed by atoms with E-state index in [0.717, 1.165) is 48.1 Å². The number of ether oxygens (including phenoxy) is 3. The van der Waals surface area contributed by atoms with Crippen molar-refractivity contribution in [2.75, 3.05) is 20.8 Å². The van der Waals surface area contributed by atoms with Gasteiger partial charge < -0.3 is 23.4 Å². The molecular formula is C26H39NO5. The molecule has 0 N–H and O–H groups in total. The molecule has 0 amide bonds. The number of carbonyl (C=O) groups is 1. The molecule has 6 heteroatoms. The highest BCUT2D eigenvalue weighted by Crippen LogP contribution is 2.30. The van der Waals surface area contributed by atoms with Crippen molar-refractivity contribution >= 4 is 6.79 Å². The second-order valence-electron chi connectivity index (χ2n) is 7.60. The molecule has 0 aliphatic heterocycles. The number of hydrogen-bond acceptors (Lipinski definition) is 6. The number of oxazole rings is 1. The Balaban J connectivity index is 0.000000769. The van der Waals surface area contributed by atoms with E-state index in [4.69, 9.17) is 18.7 Å². The molecule has 2 unspecified atom stereocenters. The number of benzene rings is 1. The molecule has 0 radical (unpaired) electrons. The lowest BCUT2D eigenvalue weighted by Gasteiger charge is -2.28. The normalized spacial score (nSPS) is 17.8. The van der Waals surface area contributed by atoms with Crippen LogP contribution in [0.3, 0.4) is 0 Å². The Morgan fingerprint density at radius 1 is 1.25 bits per heavy atom. The van der Waals surface area contributed by atoms with Crippen LogP contribution in [0.4, 0.5) is 0 Å². The summed E-state index contributed by atoms with van der Waals surface area (Å²) in [5.41, 5.74) is 1.81. The minimum Gasteiger partial charge on any atom is -0.497 e. The monoisotopic (exact) mass is 445 g/mol. The fourth-order valence-corrected chi connectivity index (χ4v) is 3.57. The molecule has 1 aliphatic rings. The van der Waals surface area contributed by atoms with Crippen molar-refractivity contribution in [3.63, 3.8) is 0 Å². The van der Waals surface area contributed by atoms with Gasteiger partial charge >= 0.3 is 0 Å². The predicted molar refractivity (Wildman–Crippen MR) is 128 cm³/mol. The number of methoxy groups -OCH3 is 2. The molecular weight excluding hydrogens is 406 g/mol. The Kier molecular flexibility index (Phi) is 14.0. The SMILES string of the molecule is C/C=C/CC1CCCC(OCc2nc(-c3cccc(OC)c3)oc2C)C1.C=O.CCOC. The minimum absolute atomic E-state index is 0.329. The van der Waals surface area contributed by atoms with E-state index >= 15 is 0 Å². The minimum atomic E-state index is 0.329. The average molecular weight is 446 g/mol. The van der Waals surface area contributed by atoms with Crippen LogP contribution in [0.5, 0.6) is 5.75 Å². The van der Waals surface area contributed by atoms with Crippen LogP contribution in [0.1, 0.15) is 57.4 Å². The number of rotatable bonds is 8. The Morgan fingerprint density at radius 3 is 2.66 bits per heavy atom. The smallest absolute Gasteiger partial charge is 0.226 e. The van der Waals surface area contributed by atoms with E-state index in [0.29, 0.717) is 18.6 Å². The van der Waals surface area contributed by atoms with E-state index in [1.807, 2.05) is 44.9 Å². The first-order valence-corrected chi connectivity index (χ1v) is 11.2. The largest absolute Gasteiger partial charge is 0.497 e. The number of aryl methyl sites for hydroxylation is 1. The van der Waals surface area contributed by atoms with Crippen molar-refractivity contribution in [2.45, 2.75) is 65.6 Å². The zero-order valence-electron chi connectivity index (χ0n) is 20.3. The molecule has 1 aliphatic carbocycles. The first-order chi connectivity index (χ1) is 15.6. The summed E-state index contributed by atoms with van der Waals surface area (Å²) in [6.45, 7) is 9.33. The lowest BCUT2D eigenvalue weighted by atomic mass is 9.85. The Labute approximate surface area is 193 Å². The molecule has 0 saturated heterocycles. The lowest BCUT2D eigenvalue weighted by Crippen LogP contribution is -2.22. The van der Waals surface area contributed by atoms with Gasteiger partial charge in [-0.1, -0.05) is 24.6 Å². The number of nitrogens with zero attached hydrogens (tertiary/aromatic N) is 1. The molecule has 6 nitrogen and oxygen atoms in total. The van der Waals surface area contributed by atoms with Crippen molar-refractivity contribution < 1.29 is 23.4 Å². The van der Waals surface area contributed by atoms with Crippen molar-refractivity contribution in [2.24, 2.45) is 5.92 Å². The number of carbonyl (C=O) groups excluding carboxylic acids is 1. The van der Waals surface area contributed by atoms with Gasteiger partial charge in [0, 0.05) is 19.3 Å². The fourth-order valence-electron chi connectivity index (χ4n) is 3.57. The Morgan fingerprint density at radius 2 is 2.00 bits per heavy atom. The first-order valence-electron chi connectivity index (χ1n) is 11.2. The summed E-state index contributed by atoms with van der Waals surface area (Å²) in [6.07, 6.45) is 10.8. The molecule has 1 heterocycles. The van der Waals surface area contributed by atoms with Gasteiger partial charge in [0.15, 0.2) is 0 Å². The molecule has 1 fully saturated rings. The maximum atomic E-state index is 8.00. The molecule has 2 aromatic rings. The summed E-state index contributed by atoms with van der Waals surface area (Å²) < 4.78 is 21.9. The van der Waals surface area contributed by atoms with E-state index in [-0.39, 0.29) is 0 Å². The van der Waals surface area contributed by atoms with Crippen LogP contribution in [0.2, 0.25) is 0 Å². The number of allylic oxidation sites excluding steroid dienone is 2. The fraction of sp³-hybridized carbons (Fsp3) is 0.538. The van der Waals surface area contributed by atoms with Gasteiger partial charge in [-0.05, 0) is 70.6 Å². The maximum Gasteiger partial charge on any atom is 0.226 e. The van der Waals surface area contributed by atoms with E-state index in [9.17, 15) is 0 Å². The summed E-state index contributed by atoms with van der Waals surface area (Å²) in [5, 5.41) is 0. The van der Waals surface area contributed by atoms with Crippen molar-refractivity contribution in [1.29, 1.82) is 0 Å². The third kappa shape index (κ3) is 9.37. The van der Waals surface area contributed by atoms with Gasteiger partial charge in [0.25, 0.3) is 0 Å². The van der Waals surface area contributed by atoms with Crippen molar-refractivity contribution in [1.82, 2.24) is 4.98 Å². The van der Waals surface area contributed by atoms with Gasteiger partial charge in [0.2, 0.25) is 5.89 Å². The third-order valence-corrected chi connectivity index (χ3v) is 5.39. The summed E-state index contributed by atoms with van der Waals surface area (Å²) in [4.78, 5) is 12.7. The van der Waals surface area contributed by atoms with Crippen LogP contribution in [0.25, 0.3) is 11.5 Å². The molecule has 0 bridgehead atoms. The van der Waals surface area contributed by atoms with E-state index in [1.165, 1.54) is 19.3 Å². The quantitative estimate of drug-likeness (QED) is 0.453. The van der Waals surface area contributed by atoms with Gasteiger partial charge in [-0.3, -0.25) is 0 Å². The second-order valence-corrected chi connectivity index (χ2v) is 7.60.